The van der Waals surface area contributed by atoms with Crippen LogP contribution in [0.1, 0.15) is 0 Å². The fraction of sp³-hybridized carbons (Fsp3) is 0. The van der Waals surface area contributed by atoms with E-state index in [1.165, 1.54) is 0 Å². The van der Waals surface area contributed by atoms with Crippen LogP contribution >= 0.6 is 24.8 Å². The Morgan fingerprint density at radius 3 is 0.500 bits per heavy atom. The molecule has 0 saturated carbocycles. The second kappa shape index (κ2) is 23.7. The quantitative estimate of drug-likeness (QED) is 0.389. The van der Waals surface area contributed by atoms with Gasteiger partial charge in [0.05, 0.1) is 0 Å². The van der Waals surface area contributed by atoms with Gasteiger partial charge in [-0.2, -0.15) is 0 Å². The van der Waals surface area contributed by atoms with Gasteiger partial charge in [0.1, 0.15) is 0 Å². The molecule has 0 saturated heterocycles. The van der Waals surface area contributed by atoms with Crippen molar-refractivity contribution in [1.29, 1.82) is 0 Å². The molecule has 0 spiro atoms. The van der Waals surface area contributed by atoms with Gasteiger partial charge in [0, 0.05) is 0 Å². The van der Waals surface area contributed by atoms with E-state index in [-0.39, 0.29) is 34.7 Å². The van der Waals surface area contributed by atoms with Crippen LogP contribution < -0.4 is 29.4 Å². The van der Waals surface area contributed by atoms with E-state index in [9.17, 15) is 0 Å². The summed E-state index contributed by atoms with van der Waals surface area (Å²) in [5.41, 5.74) is 0. The molecular formula is Cr2O9P3+3. The fourth-order valence-corrected chi connectivity index (χ4v) is 0. The fourth-order valence-electron chi connectivity index (χ4n) is 0. The van der Waals surface area contributed by atoms with Crippen LogP contribution in [-0.4, -0.2) is 0 Å². The van der Waals surface area contributed by atoms with Crippen LogP contribution in [0.25, 0.3) is 0 Å². The van der Waals surface area contributed by atoms with Crippen molar-refractivity contribution in [1.82, 2.24) is 0 Å². The first kappa shape index (κ1) is 29.4. The molecule has 0 heterocycles. The Labute approximate surface area is 103 Å². The molecule has 0 fully saturated rings. The molecule has 0 amide bonds. The van der Waals surface area contributed by atoms with Gasteiger partial charge in [0.2, 0.25) is 0 Å². The van der Waals surface area contributed by atoms with Gasteiger partial charge in [-0.3, -0.25) is 0 Å². The summed E-state index contributed by atoms with van der Waals surface area (Å²) in [6.45, 7) is 0. The summed E-state index contributed by atoms with van der Waals surface area (Å²) in [6, 6.07) is 0. The van der Waals surface area contributed by atoms with Crippen molar-refractivity contribution in [3.8, 4) is 0 Å². The first-order valence-corrected chi connectivity index (χ1v) is 4.93. The van der Waals surface area contributed by atoms with Gasteiger partial charge in [-0.25, -0.2) is 0 Å². The molecule has 14 heteroatoms. The normalized spacial score (nSPS) is 5.57. The summed E-state index contributed by atoms with van der Waals surface area (Å²) >= 11 is 0. The zero-order valence-corrected chi connectivity index (χ0v) is 11.1. The molecular weight excluding hydrogens is 341 g/mol. The largest absolute Gasteiger partial charge is 3.00 e. The van der Waals surface area contributed by atoms with E-state index in [0.29, 0.717) is 0 Å². The molecule has 0 aliphatic rings. The molecule has 0 atom stereocenters. The van der Waals surface area contributed by atoms with E-state index in [2.05, 4.69) is 0 Å². The van der Waals surface area contributed by atoms with E-state index in [4.69, 9.17) is 43.1 Å². The van der Waals surface area contributed by atoms with Gasteiger partial charge in [-0.15, -0.1) is 0 Å². The van der Waals surface area contributed by atoms with E-state index in [1.54, 1.807) is 0 Å². The van der Waals surface area contributed by atoms with E-state index >= 15 is 0 Å². The predicted molar refractivity (Wildman–Crippen MR) is 22.8 cm³/mol. The summed E-state index contributed by atoms with van der Waals surface area (Å²) in [4.78, 5) is 50.9. The summed E-state index contributed by atoms with van der Waals surface area (Å²) in [7, 11) is -10.1. The molecule has 0 aromatic heterocycles. The van der Waals surface area contributed by atoms with Crippen LogP contribution in [0.5, 0.6) is 0 Å². The van der Waals surface area contributed by atoms with Gasteiger partial charge < -0.3 is 29.4 Å². The van der Waals surface area contributed by atoms with Crippen molar-refractivity contribution >= 4 is 24.8 Å². The summed E-state index contributed by atoms with van der Waals surface area (Å²) in [6.07, 6.45) is 0. The number of rotatable bonds is 0. The topological polar surface area (TPSA) is 190 Å². The van der Waals surface area contributed by atoms with Crippen molar-refractivity contribution in [3.05, 3.63) is 0 Å². The SMILES string of the molecule is O=[P+]([O-])[O-].O=[P+]([O-])[O-].O=[P+]([O-])[O-].[Cr+3].[Cr+3]. The van der Waals surface area contributed by atoms with Gasteiger partial charge in [0.25, 0.3) is 24.8 Å². The van der Waals surface area contributed by atoms with E-state index in [0.717, 1.165) is 0 Å². The van der Waals surface area contributed by atoms with Crippen molar-refractivity contribution < 1.29 is 77.8 Å². The minimum absolute atomic E-state index is 0. The monoisotopic (exact) mass is 341 g/mol. The third-order valence-electron chi connectivity index (χ3n) is 0. The maximum Gasteiger partial charge on any atom is 3.00 e. The summed E-state index contributed by atoms with van der Waals surface area (Å²) in [5.74, 6) is 0. The van der Waals surface area contributed by atoms with Gasteiger partial charge in [-0.1, -0.05) is 13.7 Å². The van der Waals surface area contributed by atoms with Crippen molar-refractivity contribution in [2.75, 3.05) is 0 Å². The Morgan fingerprint density at radius 1 is 0.500 bits per heavy atom. The zero-order chi connectivity index (χ0) is 10.7. The first-order chi connectivity index (χ1) is 5.20. The van der Waals surface area contributed by atoms with Crippen molar-refractivity contribution in [3.63, 3.8) is 0 Å². The number of hydrogen-bond donors (Lipinski definition) is 0. The molecule has 9 nitrogen and oxygen atoms in total. The van der Waals surface area contributed by atoms with Crippen molar-refractivity contribution in [2.45, 2.75) is 0 Å². The Hall–Kier alpha value is 1.12. The summed E-state index contributed by atoms with van der Waals surface area (Å²) < 4.78 is 25.4. The van der Waals surface area contributed by atoms with Gasteiger partial charge in [0.15, 0.2) is 0 Å². The molecule has 0 N–H and O–H groups in total. The third-order valence-corrected chi connectivity index (χ3v) is 0. The molecule has 0 aliphatic carbocycles. The zero-order valence-electron chi connectivity index (χ0n) is 5.83. The van der Waals surface area contributed by atoms with Crippen LogP contribution in [0.2, 0.25) is 0 Å². The Morgan fingerprint density at radius 2 is 0.500 bits per heavy atom. The molecule has 0 aliphatic heterocycles. The van der Waals surface area contributed by atoms with E-state index in [1.807, 2.05) is 0 Å². The first-order valence-electron chi connectivity index (χ1n) is 1.64. The van der Waals surface area contributed by atoms with Crippen LogP contribution in [0, 0.1) is 0 Å². The smallest absolute Gasteiger partial charge is 0.598 e. The molecule has 0 aromatic carbocycles. The number of hydrogen-bond acceptors (Lipinski definition) is 9. The van der Waals surface area contributed by atoms with Gasteiger partial charge >= 0.3 is 34.7 Å². The second-order valence-electron chi connectivity index (χ2n) is 0.671. The molecule has 2 radical (unpaired) electrons. The Kier molecular flexibility index (Phi) is 49.9. The maximum absolute atomic E-state index is 8.48. The molecule has 78 valence electrons. The standard InChI is InChI=1S/2Cr.3HO3P/c;;3*1-4(2)3/h;;3*(H,1,2,3)/q2*+3;;;/p-3. The van der Waals surface area contributed by atoms with Crippen LogP contribution in [0.3, 0.4) is 0 Å². The molecule has 14 heavy (non-hydrogen) atoms. The average molecular weight is 341 g/mol. The third kappa shape index (κ3) is 1520. The summed E-state index contributed by atoms with van der Waals surface area (Å²) in [5, 5.41) is 0. The molecule has 0 aromatic rings. The van der Waals surface area contributed by atoms with Gasteiger partial charge in [-0.05, 0) is 0 Å². The van der Waals surface area contributed by atoms with Crippen LogP contribution in [0.4, 0.5) is 0 Å². The average Bonchev–Trinajstić information content (AvgIpc) is 1.54. The van der Waals surface area contributed by atoms with E-state index < -0.39 is 24.8 Å². The minimum atomic E-state index is -3.37. The van der Waals surface area contributed by atoms with Crippen molar-refractivity contribution in [2.24, 2.45) is 0 Å². The Balaban J connectivity index is -0.0000000270. The molecule has 0 unspecified atom stereocenters. The molecule has 0 rings (SSSR count). The predicted octanol–water partition coefficient (Wildman–Crippen LogP) is -4.91. The second-order valence-corrected chi connectivity index (χ2v) is 2.01. The van der Waals surface area contributed by atoms with Crippen LogP contribution in [-0.2, 0) is 48.4 Å². The maximum atomic E-state index is 8.48. The molecule has 0 bridgehead atoms. The van der Waals surface area contributed by atoms with Crippen LogP contribution in [0.15, 0.2) is 0 Å². The minimum Gasteiger partial charge on any atom is -0.598 e. The Bertz CT molecular complexity index is 116.